The van der Waals surface area contributed by atoms with E-state index in [0.29, 0.717) is 5.41 Å². The topological polar surface area (TPSA) is 0 Å². The molecule has 0 heteroatoms. The van der Waals surface area contributed by atoms with Crippen LogP contribution in [0.25, 0.3) is 0 Å². The molecule has 0 amide bonds. The summed E-state index contributed by atoms with van der Waals surface area (Å²) in [5, 5.41) is 0. The Morgan fingerprint density at radius 1 is 1.13 bits per heavy atom. The van der Waals surface area contributed by atoms with Crippen LogP contribution < -0.4 is 0 Å². The van der Waals surface area contributed by atoms with Gasteiger partial charge in [0, 0.05) is 0 Å². The first kappa shape index (κ1) is 12.3. The van der Waals surface area contributed by atoms with E-state index < -0.39 is 0 Å². The van der Waals surface area contributed by atoms with Crippen LogP contribution >= 0.6 is 0 Å². The maximum atomic E-state index is 2.38. The van der Waals surface area contributed by atoms with Crippen molar-refractivity contribution in [2.24, 2.45) is 5.41 Å². The van der Waals surface area contributed by atoms with Crippen molar-refractivity contribution >= 4 is 0 Å². The lowest BCUT2D eigenvalue weighted by molar-refractivity contribution is 0.378. The first-order valence-corrected chi connectivity index (χ1v) is 6.01. The van der Waals surface area contributed by atoms with Crippen molar-refractivity contribution in [1.82, 2.24) is 0 Å². The van der Waals surface area contributed by atoms with Gasteiger partial charge in [-0.3, -0.25) is 0 Å². The van der Waals surface area contributed by atoms with E-state index in [9.17, 15) is 0 Å². The largest absolute Gasteiger partial charge is 0.0613 e. The van der Waals surface area contributed by atoms with Gasteiger partial charge in [-0.05, 0) is 48.3 Å². The third-order valence-corrected chi connectivity index (χ3v) is 2.96. The summed E-state index contributed by atoms with van der Waals surface area (Å²) < 4.78 is 0. The molecule has 1 rings (SSSR count). The lowest BCUT2D eigenvalue weighted by atomic mass is 9.88. The second-order valence-electron chi connectivity index (χ2n) is 5.68. The van der Waals surface area contributed by atoms with E-state index in [2.05, 4.69) is 52.8 Å². The van der Waals surface area contributed by atoms with Gasteiger partial charge in [0.15, 0.2) is 0 Å². The maximum absolute atomic E-state index is 2.38. The van der Waals surface area contributed by atoms with Crippen LogP contribution in [0.4, 0.5) is 0 Å². The van der Waals surface area contributed by atoms with E-state index in [1.165, 1.54) is 29.5 Å². The monoisotopic (exact) mass is 204 g/mol. The molecule has 0 atom stereocenters. The summed E-state index contributed by atoms with van der Waals surface area (Å²) in [5.41, 5.74) is 4.86. The highest BCUT2D eigenvalue weighted by Crippen LogP contribution is 2.22. The zero-order chi connectivity index (χ0) is 11.5. The maximum Gasteiger partial charge on any atom is -0.0274 e. The summed E-state index contributed by atoms with van der Waals surface area (Å²) in [6, 6.07) is 6.91. The van der Waals surface area contributed by atoms with Gasteiger partial charge in [0.2, 0.25) is 0 Å². The van der Waals surface area contributed by atoms with Crippen LogP contribution in [0.15, 0.2) is 18.2 Å². The van der Waals surface area contributed by atoms with Gasteiger partial charge in [-0.1, -0.05) is 45.9 Å². The summed E-state index contributed by atoms with van der Waals surface area (Å²) in [6.45, 7) is 11.4. The van der Waals surface area contributed by atoms with E-state index in [0.717, 1.165) is 6.42 Å². The van der Waals surface area contributed by atoms with E-state index in [1.807, 2.05) is 0 Å². The van der Waals surface area contributed by atoms with Crippen molar-refractivity contribution < 1.29 is 0 Å². The Balaban J connectivity index is 2.70. The average molecular weight is 204 g/mol. The van der Waals surface area contributed by atoms with Crippen LogP contribution in [-0.4, -0.2) is 0 Å². The van der Waals surface area contributed by atoms with Crippen LogP contribution in [0.1, 0.15) is 50.8 Å². The van der Waals surface area contributed by atoms with Gasteiger partial charge in [0.25, 0.3) is 0 Å². The normalized spacial score (nSPS) is 11.8. The predicted octanol–water partition coefficient (Wildman–Crippen LogP) is 4.54. The molecule has 0 heterocycles. The summed E-state index contributed by atoms with van der Waals surface area (Å²) in [4.78, 5) is 0. The van der Waals surface area contributed by atoms with E-state index in [1.54, 1.807) is 0 Å². The Bertz CT molecular complexity index is 315. The summed E-state index contributed by atoms with van der Waals surface area (Å²) in [7, 11) is 0. The quantitative estimate of drug-likeness (QED) is 0.678. The molecule has 1 aromatic carbocycles. The van der Waals surface area contributed by atoms with Crippen LogP contribution in [-0.2, 0) is 12.8 Å². The molecule has 1 aromatic rings. The fourth-order valence-corrected chi connectivity index (χ4v) is 1.78. The Morgan fingerprint density at radius 2 is 1.80 bits per heavy atom. The van der Waals surface area contributed by atoms with Crippen molar-refractivity contribution in [2.45, 2.75) is 53.9 Å². The molecule has 0 fully saturated rings. The number of hydrogen-bond acceptors (Lipinski definition) is 0. The molecule has 0 aliphatic heterocycles. The zero-order valence-corrected chi connectivity index (χ0v) is 10.9. The standard InChI is InChI=1S/C15H24/c1-6-14-11-13(8-7-12(14)2)9-10-15(3,4)5/h7-8,11H,6,9-10H2,1-5H3. The number of rotatable bonds is 3. The average Bonchev–Trinajstić information content (AvgIpc) is 2.15. The fourth-order valence-electron chi connectivity index (χ4n) is 1.78. The Morgan fingerprint density at radius 3 is 2.33 bits per heavy atom. The van der Waals surface area contributed by atoms with E-state index in [-0.39, 0.29) is 0 Å². The molecule has 15 heavy (non-hydrogen) atoms. The van der Waals surface area contributed by atoms with Crippen LogP contribution in [0.3, 0.4) is 0 Å². The van der Waals surface area contributed by atoms with Gasteiger partial charge < -0.3 is 0 Å². The van der Waals surface area contributed by atoms with Crippen LogP contribution in [0.5, 0.6) is 0 Å². The Kier molecular flexibility index (Phi) is 3.96. The fraction of sp³-hybridized carbons (Fsp3) is 0.600. The molecule has 0 saturated heterocycles. The van der Waals surface area contributed by atoms with Gasteiger partial charge in [-0.2, -0.15) is 0 Å². The molecule has 0 N–H and O–H groups in total. The van der Waals surface area contributed by atoms with E-state index in [4.69, 9.17) is 0 Å². The van der Waals surface area contributed by atoms with Crippen LogP contribution in [0, 0.1) is 12.3 Å². The minimum absolute atomic E-state index is 0.442. The van der Waals surface area contributed by atoms with Gasteiger partial charge >= 0.3 is 0 Å². The molecule has 0 aromatic heterocycles. The molecule has 0 nitrogen and oxygen atoms in total. The molecule has 0 saturated carbocycles. The number of hydrogen-bond donors (Lipinski definition) is 0. The molecular weight excluding hydrogens is 180 g/mol. The second-order valence-corrected chi connectivity index (χ2v) is 5.68. The lowest BCUT2D eigenvalue weighted by Gasteiger charge is -2.18. The van der Waals surface area contributed by atoms with Gasteiger partial charge in [0.05, 0.1) is 0 Å². The number of benzene rings is 1. The SMILES string of the molecule is CCc1cc(CCC(C)(C)C)ccc1C. The summed E-state index contributed by atoms with van der Waals surface area (Å²) in [5.74, 6) is 0. The van der Waals surface area contributed by atoms with Gasteiger partial charge in [0.1, 0.15) is 0 Å². The second kappa shape index (κ2) is 4.83. The van der Waals surface area contributed by atoms with E-state index >= 15 is 0 Å². The van der Waals surface area contributed by atoms with Crippen molar-refractivity contribution in [1.29, 1.82) is 0 Å². The molecule has 0 aliphatic carbocycles. The molecule has 0 spiro atoms. The van der Waals surface area contributed by atoms with Crippen molar-refractivity contribution in [3.05, 3.63) is 34.9 Å². The van der Waals surface area contributed by atoms with Crippen LogP contribution in [0.2, 0.25) is 0 Å². The summed E-state index contributed by atoms with van der Waals surface area (Å²) in [6.07, 6.45) is 3.62. The first-order valence-electron chi connectivity index (χ1n) is 6.01. The lowest BCUT2D eigenvalue weighted by Crippen LogP contribution is -2.06. The molecule has 84 valence electrons. The van der Waals surface area contributed by atoms with Crippen molar-refractivity contribution in [3.8, 4) is 0 Å². The minimum atomic E-state index is 0.442. The number of aryl methyl sites for hydroxylation is 3. The molecule has 0 aliphatic rings. The third kappa shape index (κ3) is 4.07. The molecule has 0 unspecified atom stereocenters. The Labute approximate surface area is 94.7 Å². The smallest absolute Gasteiger partial charge is 0.0274 e. The molecular formula is C15H24. The van der Waals surface area contributed by atoms with Crippen molar-refractivity contribution in [2.75, 3.05) is 0 Å². The Hall–Kier alpha value is -0.780. The summed E-state index contributed by atoms with van der Waals surface area (Å²) >= 11 is 0. The third-order valence-electron chi connectivity index (χ3n) is 2.96. The zero-order valence-electron chi connectivity index (χ0n) is 10.9. The highest BCUT2D eigenvalue weighted by Gasteiger charge is 2.10. The molecule has 0 radical (unpaired) electrons. The van der Waals surface area contributed by atoms with Gasteiger partial charge in [-0.25, -0.2) is 0 Å². The minimum Gasteiger partial charge on any atom is -0.0613 e. The first-order chi connectivity index (χ1) is 6.92. The highest BCUT2D eigenvalue weighted by atomic mass is 14.2. The molecule has 0 bridgehead atoms. The predicted molar refractivity (Wildman–Crippen MR) is 68.3 cm³/mol. The highest BCUT2D eigenvalue weighted by molar-refractivity contribution is 5.31. The van der Waals surface area contributed by atoms with Gasteiger partial charge in [-0.15, -0.1) is 0 Å². The van der Waals surface area contributed by atoms with Crippen molar-refractivity contribution in [3.63, 3.8) is 0 Å².